The Balaban J connectivity index is 1.52. The molecule has 0 aromatic heterocycles. The molecule has 0 heterocycles. The number of hydrogen-bond acceptors (Lipinski definition) is 1. The summed E-state index contributed by atoms with van der Waals surface area (Å²) in [7, 11) is 0. The summed E-state index contributed by atoms with van der Waals surface area (Å²) in [6, 6.07) is 0. The van der Waals surface area contributed by atoms with Gasteiger partial charge in [0.05, 0.1) is 6.10 Å². The van der Waals surface area contributed by atoms with Gasteiger partial charge in [-0.1, -0.05) is 65.3 Å². The van der Waals surface area contributed by atoms with Crippen LogP contribution in [0.25, 0.3) is 0 Å². The predicted octanol–water partition coefficient (Wildman–Crippen LogP) is 7.80. The van der Waals surface area contributed by atoms with E-state index in [4.69, 9.17) is 0 Å². The zero-order valence-electron chi connectivity index (χ0n) is 20.7. The molecule has 0 aromatic rings. The molecule has 1 N–H and O–H groups in total. The van der Waals surface area contributed by atoms with Gasteiger partial charge >= 0.3 is 0 Å². The molecule has 4 rings (SSSR count). The van der Waals surface area contributed by atoms with Crippen molar-refractivity contribution in [2.75, 3.05) is 0 Å². The summed E-state index contributed by atoms with van der Waals surface area (Å²) < 4.78 is 0. The number of aliphatic hydroxyl groups excluding tert-OH is 1. The Kier molecular flexibility index (Phi) is 6.35. The molecule has 4 aliphatic rings. The van der Waals surface area contributed by atoms with Crippen molar-refractivity contribution in [2.45, 2.75) is 105 Å². The molecular weight excluding hydrogens is 364 g/mol. The summed E-state index contributed by atoms with van der Waals surface area (Å²) in [5.74, 6) is 5.70. The van der Waals surface area contributed by atoms with E-state index in [0.29, 0.717) is 16.7 Å². The van der Waals surface area contributed by atoms with Gasteiger partial charge in [-0.25, -0.2) is 0 Å². The Morgan fingerprint density at radius 2 is 1.80 bits per heavy atom. The second-order valence-electron chi connectivity index (χ2n) is 12.4. The van der Waals surface area contributed by atoms with Crippen molar-refractivity contribution in [1.29, 1.82) is 0 Å². The molecule has 170 valence electrons. The monoisotopic (exact) mass is 412 g/mol. The first-order valence-corrected chi connectivity index (χ1v) is 13.3. The number of rotatable bonds is 5. The van der Waals surface area contributed by atoms with E-state index in [9.17, 15) is 5.11 Å². The Morgan fingerprint density at radius 1 is 1.03 bits per heavy atom. The standard InChI is InChI=1S/C29H48O/c1-7-21(19(2)3)9-8-20(4)25-12-13-26-24-11-10-22-18-23(30)14-16-28(22,5)27(24)15-17-29(25,26)6/h8-10,19-21,23-27,30H,7,11-18H2,1-6H3/b9-8+/t20-,21-,23-,24-,25-,26+,27+,28-,29+/m0/s1. The van der Waals surface area contributed by atoms with E-state index in [0.717, 1.165) is 48.3 Å². The van der Waals surface area contributed by atoms with E-state index in [1.54, 1.807) is 5.57 Å². The van der Waals surface area contributed by atoms with E-state index in [1.165, 1.54) is 44.9 Å². The quantitative estimate of drug-likeness (QED) is 0.457. The van der Waals surface area contributed by atoms with Crippen LogP contribution in [0.2, 0.25) is 0 Å². The fraction of sp³-hybridized carbons (Fsp3) is 0.862. The molecule has 0 saturated heterocycles. The fourth-order valence-corrected chi connectivity index (χ4v) is 8.83. The lowest BCUT2D eigenvalue weighted by atomic mass is 9.47. The third kappa shape index (κ3) is 3.66. The highest BCUT2D eigenvalue weighted by Gasteiger charge is 2.58. The molecule has 3 fully saturated rings. The van der Waals surface area contributed by atoms with Crippen LogP contribution in [0.4, 0.5) is 0 Å². The molecule has 1 nitrogen and oxygen atoms in total. The van der Waals surface area contributed by atoms with Crippen LogP contribution in [0.3, 0.4) is 0 Å². The third-order valence-corrected chi connectivity index (χ3v) is 10.8. The zero-order valence-corrected chi connectivity index (χ0v) is 20.7. The first-order chi connectivity index (χ1) is 14.2. The topological polar surface area (TPSA) is 20.2 Å². The maximum atomic E-state index is 10.2. The van der Waals surface area contributed by atoms with Gasteiger partial charge in [0.15, 0.2) is 0 Å². The lowest BCUT2D eigenvalue weighted by molar-refractivity contribution is -0.0540. The predicted molar refractivity (Wildman–Crippen MR) is 128 cm³/mol. The van der Waals surface area contributed by atoms with E-state index in [1.807, 2.05) is 0 Å². The second-order valence-corrected chi connectivity index (χ2v) is 12.4. The molecule has 1 heteroatoms. The van der Waals surface area contributed by atoms with E-state index in [-0.39, 0.29) is 6.10 Å². The van der Waals surface area contributed by atoms with Crippen LogP contribution in [-0.2, 0) is 0 Å². The molecule has 0 amide bonds. The number of aliphatic hydroxyl groups is 1. The van der Waals surface area contributed by atoms with E-state index in [2.05, 4.69) is 59.8 Å². The molecular formula is C29H48O. The van der Waals surface area contributed by atoms with Crippen molar-refractivity contribution in [3.63, 3.8) is 0 Å². The van der Waals surface area contributed by atoms with Gasteiger partial charge in [0.1, 0.15) is 0 Å². The minimum Gasteiger partial charge on any atom is -0.393 e. The molecule has 4 aliphatic carbocycles. The van der Waals surface area contributed by atoms with E-state index < -0.39 is 0 Å². The van der Waals surface area contributed by atoms with Crippen LogP contribution in [0, 0.1) is 52.3 Å². The van der Waals surface area contributed by atoms with Gasteiger partial charge in [0.2, 0.25) is 0 Å². The molecule has 0 aliphatic heterocycles. The smallest absolute Gasteiger partial charge is 0.0577 e. The summed E-state index contributed by atoms with van der Waals surface area (Å²) in [6.07, 6.45) is 19.1. The van der Waals surface area contributed by atoms with Gasteiger partial charge in [0, 0.05) is 0 Å². The molecule has 0 radical (unpaired) electrons. The van der Waals surface area contributed by atoms with Crippen molar-refractivity contribution in [3.05, 3.63) is 23.8 Å². The summed E-state index contributed by atoms with van der Waals surface area (Å²) in [4.78, 5) is 0. The largest absolute Gasteiger partial charge is 0.393 e. The normalized spacial score (nSPS) is 45.6. The zero-order chi connectivity index (χ0) is 21.7. The van der Waals surface area contributed by atoms with Crippen LogP contribution in [0.1, 0.15) is 99.3 Å². The summed E-state index contributed by atoms with van der Waals surface area (Å²) in [5, 5.41) is 10.2. The number of fused-ring (bicyclic) bond motifs is 5. The molecule has 30 heavy (non-hydrogen) atoms. The second kappa shape index (κ2) is 8.42. The van der Waals surface area contributed by atoms with Gasteiger partial charge < -0.3 is 5.11 Å². The Labute approximate surface area is 186 Å². The number of hydrogen-bond donors (Lipinski definition) is 1. The van der Waals surface area contributed by atoms with Crippen LogP contribution in [-0.4, -0.2) is 11.2 Å². The van der Waals surface area contributed by atoms with Gasteiger partial charge in [-0.2, -0.15) is 0 Å². The summed E-state index contributed by atoms with van der Waals surface area (Å²) >= 11 is 0. The lowest BCUT2D eigenvalue weighted by Crippen LogP contribution is -2.50. The van der Waals surface area contributed by atoms with Crippen molar-refractivity contribution in [1.82, 2.24) is 0 Å². The van der Waals surface area contributed by atoms with Crippen molar-refractivity contribution >= 4 is 0 Å². The minimum absolute atomic E-state index is 0.0870. The highest BCUT2D eigenvalue weighted by atomic mass is 16.3. The lowest BCUT2D eigenvalue weighted by Gasteiger charge is -2.58. The third-order valence-electron chi connectivity index (χ3n) is 10.8. The Bertz CT molecular complexity index is 674. The Hall–Kier alpha value is -0.560. The summed E-state index contributed by atoms with van der Waals surface area (Å²) in [5.41, 5.74) is 2.51. The van der Waals surface area contributed by atoms with Crippen LogP contribution >= 0.6 is 0 Å². The van der Waals surface area contributed by atoms with Crippen molar-refractivity contribution in [2.24, 2.45) is 52.3 Å². The molecule has 0 bridgehead atoms. The highest BCUT2D eigenvalue weighted by Crippen LogP contribution is 2.67. The Morgan fingerprint density at radius 3 is 2.50 bits per heavy atom. The van der Waals surface area contributed by atoms with Crippen LogP contribution < -0.4 is 0 Å². The van der Waals surface area contributed by atoms with Gasteiger partial charge in [-0.15, -0.1) is 0 Å². The van der Waals surface area contributed by atoms with Crippen molar-refractivity contribution in [3.8, 4) is 0 Å². The maximum absolute atomic E-state index is 10.2. The number of allylic oxidation sites excluding steroid dienone is 3. The first-order valence-electron chi connectivity index (χ1n) is 13.3. The SMILES string of the molecule is CC[C@@H](/C=C/[C@H](C)[C@@H]1CC[C@@H]2[C@@H]3CC=C4C[C@@H](O)CC[C@]4(C)[C@@H]3CC[C@@]21C)C(C)C. The first kappa shape index (κ1) is 22.6. The summed E-state index contributed by atoms with van der Waals surface area (Å²) in [6.45, 7) is 14.8. The average molecular weight is 413 g/mol. The van der Waals surface area contributed by atoms with Gasteiger partial charge in [-0.3, -0.25) is 0 Å². The molecule has 0 aromatic carbocycles. The maximum Gasteiger partial charge on any atom is 0.0577 e. The van der Waals surface area contributed by atoms with Crippen LogP contribution in [0.5, 0.6) is 0 Å². The van der Waals surface area contributed by atoms with Crippen LogP contribution in [0.15, 0.2) is 23.8 Å². The molecule has 9 atom stereocenters. The van der Waals surface area contributed by atoms with Gasteiger partial charge in [-0.05, 0) is 110 Å². The molecule has 3 saturated carbocycles. The molecule has 0 unspecified atom stereocenters. The minimum atomic E-state index is -0.0870. The molecule has 0 spiro atoms. The van der Waals surface area contributed by atoms with Crippen molar-refractivity contribution < 1.29 is 5.11 Å². The average Bonchev–Trinajstić information content (AvgIpc) is 3.06. The van der Waals surface area contributed by atoms with Gasteiger partial charge in [0.25, 0.3) is 0 Å². The fourth-order valence-electron chi connectivity index (χ4n) is 8.83. The van der Waals surface area contributed by atoms with E-state index >= 15 is 0 Å². The highest BCUT2D eigenvalue weighted by molar-refractivity contribution is 5.25.